The Balaban J connectivity index is 1.83. The molecule has 28 heavy (non-hydrogen) atoms. The van der Waals surface area contributed by atoms with Gasteiger partial charge in [0.1, 0.15) is 11.3 Å². The summed E-state index contributed by atoms with van der Waals surface area (Å²) < 4.78 is 0. The Morgan fingerprint density at radius 2 is 1.96 bits per heavy atom. The number of likely N-dealkylation sites (N-methyl/N-ethyl adjacent to an activating group) is 1. The van der Waals surface area contributed by atoms with Gasteiger partial charge in [0, 0.05) is 5.56 Å². The molecule has 0 bridgehead atoms. The van der Waals surface area contributed by atoms with Crippen molar-refractivity contribution in [3.8, 4) is 5.75 Å². The van der Waals surface area contributed by atoms with Crippen molar-refractivity contribution in [3.63, 3.8) is 0 Å². The van der Waals surface area contributed by atoms with Gasteiger partial charge in [-0.05, 0) is 37.9 Å². The summed E-state index contributed by atoms with van der Waals surface area (Å²) in [6, 6.07) is 6.08. The highest BCUT2D eigenvalue weighted by Crippen LogP contribution is 2.44. The van der Waals surface area contributed by atoms with Gasteiger partial charge in [-0.1, -0.05) is 57.6 Å². The largest absolute Gasteiger partial charge is 0.508 e. The SMILES string of the molecule is CC[C@@H](C1CCCCC1)[C@]1(C)C(=O)N(CC(=O)c2cccc(O)c2)C(O)N1C. The zero-order valence-electron chi connectivity index (χ0n) is 17.1. The Kier molecular flexibility index (Phi) is 6.10. The molecule has 1 amide bonds. The van der Waals surface area contributed by atoms with Gasteiger partial charge in [-0.2, -0.15) is 0 Å². The second-order valence-corrected chi connectivity index (χ2v) is 8.42. The first-order chi connectivity index (χ1) is 13.3. The van der Waals surface area contributed by atoms with Gasteiger partial charge < -0.3 is 10.2 Å². The van der Waals surface area contributed by atoms with Crippen molar-refractivity contribution in [1.29, 1.82) is 0 Å². The molecule has 0 spiro atoms. The second-order valence-electron chi connectivity index (χ2n) is 8.42. The van der Waals surface area contributed by atoms with Crippen LogP contribution in [0.25, 0.3) is 0 Å². The molecule has 6 heteroatoms. The van der Waals surface area contributed by atoms with E-state index in [1.54, 1.807) is 24.1 Å². The van der Waals surface area contributed by atoms with Crippen LogP contribution < -0.4 is 0 Å². The molecule has 1 aliphatic heterocycles. The molecule has 2 aliphatic rings. The molecule has 2 N–H and O–H groups in total. The van der Waals surface area contributed by atoms with Crippen LogP contribution in [0.4, 0.5) is 0 Å². The number of aromatic hydroxyl groups is 1. The molecule has 1 heterocycles. The van der Waals surface area contributed by atoms with Crippen molar-refractivity contribution in [2.75, 3.05) is 13.6 Å². The first-order valence-electron chi connectivity index (χ1n) is 10.3. The third-order valence-electron chi connectivity index (χ3n) is 6.91. The van der Waals surface area contributed by atoms with Crippen molar-refractivity contribution in [2.45, 2.75) is 64.3 Å². The van der Waals surface area contributed by atoms with Crippen LogP contribution in [-0.2, 0) is 4.79 Å². The van der Waals surface area contributed by atoms with E-state index >= 15 is 0 Å². The fourth-order valence-electron chi connectivity index (χ4n) is 5.22. The number of phenols is 1. The quantitative estimate of drug-likeness (QED) is 0.732. The van der Waals surface area contributed by atoms with E-state index in [0.29, 0.717) is 11.5 Å². The number of aliphatic hydroxyl groups is 1. The molecule has 154 valence electrons. The lowest BCUT2D eigenvalue weighted by Crippen LogP contribution is -2.54. The molecule has 1 aromatic rings. The van der Waals surface area contributed by atoms with Crippen molar-refractivity contribution < 1.29 is 19.8 Å². The van der Waals surface area contributed by atoms with Crippen LogP contribution in [0.3, 0.4) is 0 Å². The molecular weight excluding hydrogens is 356 g/mol. The summed E-state index contributed by atoms with van der Waals surface area (Å²) in [5.41, 5.74) is -0.495. The van der Waals surface area contributed by atoms with Gasteiger partial charge in [0.25, 0.3) is 0 Å². The number of hydrogen-bond donors (Lipinski definition) is 2. The van der Waals surface area contributed by atoms with Crippen molar-refractivity contribution in [3.05, 3.63) is 29.8 Å². The van der Waals surface area contributed by atoms with E-state index in [9.17, 15) is 19.8 Å². The van der Waals surface area contributed by atoms with Crippen LogP contribution in [0.15, 0.2) is 24.3 Å². The summed E-state index contributed by atoms with van der Waals surface area (Å²) in [4.78, 5) is 29.1. The number of ketones is 1. The van der Waals surface area contributed by atoms with Crippen molar-refractivity contribution >= 4 is 11.7 Å². The van der Waals surface area contributed by atoms with E-state index in [2.05, 4.69) is 6.92 Å². The fraction of sp³-hybridized carbons (Fsp3) is 0.636. The molecule has 1 aliphatic carbocycles. The molecule has 3 rings (SSSR count). The predicted octanol–water partition coefficient (Wildman–Crippen LogP) is 2.99. The maximum absolute atomic E-state index is 13.4. The van der Waals surface area contributed by atoms with Gasteiger partial charge in [-0.25, -0.2) is 4.90 Å². The Bertz CT molecular complexity index is 731. The topological polar surface area (TPSA) is 81.1 Å². The highest BCUT2D eigenvalue weighted by molar-refractivity contribution is 6.01. The average Bonchev–Trinajstić information content (AvgIpc) is 2.85. The Labute approximate surface area is 167 Å². The number of phenolic OH excluding ortho intramolecular Hbond substituents is 1. The third kappa shape index (κ3) is 3.55. The second kappa shape index (κ2) is 8.21. The van der Waals surface area contributed by atoms with Gasteiger partial charge in [-0.15, -0.1) is 0 Å². The minimum Gasteiger partial charge on any atom is -0.508 e. The molecule has 0 aromatic heterocycles. The van der Waals surface area contributed by atoms with Crippen LogP contribution in [0.5, 0.6) is 5.75 Å². The first-order valence-corrected chi connectivity index (χ1v) is 10.3. The van der Waals surface area contributed by atoms with Crippen LogP contribution in [-0.4, -0.2) is 57.2 Å². The molecule has 6 nitrogen and oxygen atoms in total. The summed E-state index contributed by atoms with van der Waals surface area (Å²) in [5.74, 6) is 0.120. The van der Waals surface area contributed by atoms with Crippen LogP contribution in [0.2, 0.25) is 0 Å². The minimum atomic E-state index is -1.13. The van der Waals surface area contributed by atoms with Crippen LogP contribution >= 0.6 is 0 Å². The minimum absolute atomic E-state index is 0.00412. The van der Waals surface area contributed by atoms with Gasteiger partial charge in [0.2, 0.25) is 5.91 Å². The van der Waals surface area contributed by atoms with E-state index < -0.39 is 11.9 Å². The normalized spacial score (nSPS) is 27.9. The molecule has 0 radical (unpaired) electrons. The number of amides is 1. The van der Waals surface area contributed by atoms with E-state index in [1.165, 1.54) is 36.3 Å². The van der Waals surface area contributed by atoms with E-state index in [-0.39, 0.29) is 29.9 Å². The Morgan fingerprint density at radius 1 is 1.29 bits per heavy atom. The number of carbonyl (C=O) groups excluding carboxylic acids is 2. The average molecular weight is 389 g/mol. The highest BCUT2D eigenvalue weighted by atomic mass is 16.3. The summed E-state index contributed by atoms with van der Waals surface area (Å²) in [5, 5.41) is 20.4. The monoisotopic (exact) mass is 388 g/mol. The predicted molar refractivity (Wildman–Crippen MR) is 107 cm³/mol. The van der Waals surface area contributed by atoms with E-state index in [0.717, 1.165) is 19.3 Å². The molecular formula is C22H32N2O4. The number of aliphatic hydroxyl groups excluding tert-OH is 1. The summed E-state index contributed by atoms with van der Waals surface area (Å²) in [6.45, 7) is 3.82. The number of Topliss-reactive ketones (excluding diaryl/α,β-unsaturated/α-hetero) is 1. The number of rotatable bonds is 6. The molecule has 1 saturated heterocycles. The number of nitrogens with zero attached hydrogens (tertiary/aromatic N) is 2. The van der Waals surface area contributed by atoms with Crippen molar-refractivity contribution in [1.82, 2.24) is 9.80 Å². The Morgan fingerprint density at radius 3 is 2.57 bits per heavy atom. The summed E-state index contributed by atoms with van der Waals surface area (Å²) in [7, 11) is 1.77. The number of benzene rings is 1. The smallest absolute Gasteiger partial charge is 0.246 e. The highest BCUT2D eigenvalue weighted by Gasteiger charge is 2.57. The van der Waals surface area contributed by atoms with Crippen LogP contribution in [0, 0.1) is 11.8 Å². The summed E-state index contributed by atoms with van der Waals surface area (Å²) in [6.07, 6.45) is 5.60. The maximum atomic E-state index is 13.4. The third-order valence-corrected chi connectivity index (χ3v) is 6.91. The summed E-state index contributed by atoms with van der Waals surface area (Å²) >= 11 is 0. The van der Waals surface area contributed by atoms with Gasteiger partial charge in [0.15, 0.2) is 12.1 Å². The first kappa shape index (κ1) is 20.8. The molecule has 2 fully saturated rings. The number of carbonyl (C=O) groups is 2. The fourth-order valence-corrected chi connectivity index (χ4v) is 5.22. The lowest BCUT2D eigenvalue weighted by Gasteiger charge is -2.42. The molecule has 1 saturated carbocycles. The lowest BCUT2D eigenvalue weighted by atomic mass is 9.69. The molecule has 1 aromatic carbocycles. The van der Waals surface area contributed by atoms with Crippen molar-refractivity contribution in [2.24, 2.45) is 11.8 Å². The molecule has 1 unspecified atom stereocenters. The zero-order valence-corrected chi connectivity index (χ0v) is 17.1. The maximum Gasteiger partial charge on any atom is 0.246 e. The Hall–Kier alpha value is -1.92. The molecule has 3 atom stereocenters. The standard InChI is InChI=1S/C22H32N2O4/c1-4-18(15-9-6-5-7-10-15)22(2)20(27)24(21(28)23(22)3)14-19(26)16-11-8-12-17(25)13-16/h8,11-13,15,18,21,25,28H,4-7,9-10,14H2,1-3H3/t18-,21?,22+/m0/s1. The lowest BCUT2D eigenvalue weighted by molar-refractivity contribution is -0.137. The van der Waals surface area contributed by atoms with Crippen LogP contribution in [0.1, 0.15) is 62.7 Å². The number of hydrogen-bond acceptors (Lipinski definition) is 5. The van der Waals surface area contributed by atoms with Gasteiger partial charge in [0.05, 0.1) is 6.54 Å². The van der Waals surface area contributed by atoms with E-state index in [4.69, 9.17) is 0 Å². The van der Waals surface area contributed by atoms with E-state index in [1.807, 2.05) is 6.92 Å². The zero-order chi connectivity index (χ0) is 20.5. The van der Waals surface area contributed by atoms with Gasteiger partial charge in [-0.3, -0.25) is 14.5 Å². The van der Waals surface area contributed by atoms with Gasteiger partial charge >= 0.3 is 0 Å².